The minimum atomic E-state index is 0.130. The van der Waals surface area contributed by atoms with E-state index in [1.54, 1.807) is 11.8 Å². The Kier molecular flexibility index (Phi) is 7.88. The highest BCUT2D eigenvalue weighted by atomic mass is 32.2. The predicted octanol–water partition coefficient (Wildman–Crippen LogP) is 1.62. The summed E-state index contributed by atoms with van der Waals surface area (Å²) in [6.45, 7) is 9.05. The second kappa shape index (κ2) is 7.99. The van der Waals surface area contributed by atoms with E-state index in [0.717, 1.165) is 6.42 Å². The van der Waals surface area contributed by atoms with Gasteiger partial charge in [-0.2, -0.15) is 0 Å². The summed E-state index contributed by atoms with van der Waals surface area (Å²) >= 11 is 1.67. The van der Waals surface area contributed by atoms with Gasteiger partial charge in [0.05, 0.1) is 5.75 Å². The van der Waals surface area contributed by atoms with E-state index >= 15 is 0 Å². The van der Waals surface area contributed by atoms with E-state index in [9.17, 15) is 4.79 Å². The van der Waals surface area contributed by atoms with Crippen LogP contribution in [0.4, 0.5) is 0 Å². The zero-order chi connectivity index (χ0) is 11.8. The van der Waals surface area contributed by atoms with Crippen LogP contribution >= 0.6 is 11.8 Å². The Bertz CT molecular complexity index is 185. The average Bonchev–Trinajstić information content (AvgIpc) is 2.15. The molecule has 0 saturated heterocycles. The van der Waals surface area contributed by atoms with Crippen molar-refractivity contribution in [2.75, 3.05) is 12.3 Å². The molecule has 2 atom stereocenters. The lowest BCUT2D eigenvalue weighted by Crippen LogP contribution is -2.37. The largest absolute Gasteiger partial charge is 0.353 e. The van der Waals surface area contributed by atoms with Gasteiger partial charge in [-0.1, -0.05) is 20.8 Å². The molecule has 0 aromatic rings. The van der Waals surface area contributed by atoms with Crippen LogP contribution in [0.25, 0.3) is 0 Å². The molecule has 0 aliphatic carbocycles. The molecule has 15 heavy (non-hydrogen) atoms. The number of hydrogen-bond acceptors (Lipinski definition) is 3. The minimum absolute atomic E-state index is 0.130. The summed E-state index contributed by atoms with van der Waals surface area (Å²) in [5.74, 6) is 1.16. The highest BCUT2D eigenvalue weighted by Gasteiger charge is 2.11. The van der Waals surface area contributed by atoms with Crippen LogP contribution in [0.2, 0.25) is 0 Å². The van der Waals surface area contributed by atoms with Crippen molar-refractivity contribution >= 4 is 17.7 Å². The van der Waals surface area contributed by atoms with E-state index in [1.807, 2.05) is 6.92 Å². The fraction of sp³-hybridized carbons (Fsp3) is 0.909. The Hall–Kier alpha value is -0.220. The SMILES string of the molecule is CC(CCN)SCC(=O)NC(C)C(C)C. The second-order valence-electron chi connectivity index (χ2n) is 4.30. The first-order valence-electron chi connectivity index (χ1n) is 5.58. The molecule has 0 heterocycles. The minimum Gasteiger partial charge on any atom is -0.353 e. The van der Waals surface area contributed by atoms with Gasteiger partial charge in [-0.3, -0.25) is 4.79 Å². The third-order valence-electron chi connectivity index (χ3n) is 2.46. The lowest BCUT2D eigenvalue weighted by molar-refractivity contribution is -0.119. The Morgan fingerprint density at radius 2 is 1.93 bits per heavy atom. The number of hydrogen-bond donors (Lipinski definition) is 2. The van der Waals surface area contributed by atoms with Crippen molar-refractivity contribution in [2.45, 2.75) is 45.4 Å². The fourth-order valence-electron chi connectivity index (χ4n) is 0.998. The summed E-state index contributed by atoms with van der Waals surface area (Å²) in [6, 6.07) is 0.253. The summed E-state index contributed by atoms with van der Waals surface area (Å²) in [5, 5.41) is 3.45. The van der Waals surface area contributed by atoms with Crippen LogP contribution in [-0.2, 0) is 4.79 Å². The van der Waals surface area contributed by atoms with Crippen molar-refractivity contribution in [3.63, 3.8) is 0 Å². The van der Waals surface area contributed by atoms with E-state index < -0.39 is 0 Å². The van der Waals surface area contributed by atoms with Gasteiger partial charge in [-0.05, 0) is 25.8 Å². The Morgan fingerprint density at radius 1 is 1.33 bits per heavy atom. The Balaban J connectivity index is 3.66. The van der Waals surface area contributed by atoms with Crippen molar-refractivity contribution in [1.82, 2.24) is 5.32 Å². The van der Waals surface area contributed by atoms with Gasteiger partial charge < -0.3 is 11.1 Å². The first-order valence-corrected chi connectivity index (χ1v) is 6.63. The molecule has 0 aromatic heterocycles. The van der Waals surface area contributed by atoms with E-state index in [4.69, 9.17) is 5.73 Å². The highest BCUT2D eigenvalue weighted by Crippen LogP contribution is 2.12. The van der Waals surface area contributed by atoms with E-state index in [1.165, 1.54) is 0 Å². The number of nitrogens with one attached hydrogen (secondary N) is 1. The molecule has 0 radical (unpaired) electrons. The lowest BCUT2D eigenvalue weighted by Gasteiger charge is -2.18. The number of nitrogens with two attached hydrogens (primary N) is 1. The number of carbonyl (C=O) groups excluding carboxylic acids is 1. The molecule has 0 aliphatic rings. The van der Waals surface area contributed by atoms with Gasteiger partial charge in [0.2, 0.25) is 5.91 Å². The van der Waals surface area contributed by atoms with E-state index in [2.05, 4.69) is 26.1 Å². The van der Waals surface area contributed by atoms with Crippen molar-refractivity contribution in [3.8, 4) is 0 Å². The third-order valence-corrected chi connectivity index (χ3v) is 3.69. The lowest BCUT2D eigenvalue weighted by atomic mass is 10.1. The van der Waals surface area contributed by atoms with Crippen LogP contribution in [0, 0.1) is 5.92 Å². The first kappa shape index (κ1) is 14.8. The molecular weight excluding hydrogens is 208 g/mol. The molecule has 4 heteroatoms. The van der Waals surface area contributed by atoms with Gasteiger partial charge in [-0.15, -0.1) is 11.8 Å². The Morgan fingerprint density at radius 3 is 2.40 bits per heavy atom. The molecular formula is C11H24N2OS. The molecule has 0 spiro atoms. The van der Waals surface area contributed by atoms with Crippen LogP contribution in [-0.4, -0.2) is 29.5 Å². The second-order valence-corrected chi connectivity index (χ2v) is 5.73. The van der Waals surface area contributed by atoms with Crippen LogP contribution in [0.15, 0.2) is 0 Å². The zero-order valence-corrected chi connectivity index (χ0v) is 11.1. The van der Waals surface area contributed by atoms with Gasteiger partial charge in [0.1, 0.15) is 0 Å². The van der Waals surface area contributed by atoms with Crippen molar-refractivity contribution < 1.29 is 4.79 Å². The van der Waals surface area contributed by atoms with Gasteiger partial charge in [0, 0.05) is 11.3 Å². The van der Waals surface area contributed by atoms with Gasteiger partial charge >= 0.3 is 0 Å². The van der Waals surface area contributed by atoms with Crippen LogP contribution in [0.3, 0.4) is 0 Å². The van der Waals surface area contributed by atoms with Crippen LogP contribution in [0.1, 0.15) is 34.1 Å². The van der Waals surface area contributed by atoms with E-state index in [-0.39, 0.29) is 11.9 Å². The molecule has 90 valence electrons. The molecule has 0 saturated carbocycles. The molecule has 3 N–H and O–H groups in total. The van der Waals surface area contributed by atoms with Gasteiger partial charge in [0.25, 0.3) is 0 Å². The normalized spacial score (nSPS) is 15.1. The molecule has 0 rings (SSSR count). The van der Waals surface area contributed by atoms with Gasteiger partial charge in [-0.25, -0.2) is 0 Å². The zero-order valence-electron chi connectivity index (χ0n) is 10.2. The maximum absolute atomic E-state index is 11.5. The Labute approximate surface area is 97.6 Å². The maximum Gasteiger partial charge on any atom is 0.230 e. The van der Waals surface area contributed by atoms with Crippen LogP contribution < -0.4 is 11.1 Å². The van der Waals surface area contributed by atoms with Crippen molar-refractivity contribution in [1.29, 1.82) is 0 Å². The monoisotopic (exact) mass is 232 g/mol. The molecule has 0 aliphatic heterocycles. The fourth-order valence-corrected chi connectivity index (χ4v) is 1.82. The quantitative estimate of drug-likeness (QED) is 0.701. The molecule has 0 aromatic carbocycles. The molecule has 2 unspecified atom stereocenters. The molecule has 1 amide bonds. The standard InChI is InChI=1S/C11H24N2OS/c1-8(2)10(4)13-11(14)7-15-9(3)5-6-12/h8-10H,5-7,12H2,1-4H3,(H,13,14). The topological polar surface area (TPSA) is 55.1 Å². The molecule has 3 nitrogen and oxygen atoms in total. The average molecular weight is 232 g/mol. The summed E-state index contributed by atoms with van der Waals surface area (Å²) < 4.78 is 0. The maximum atomic E-state index is 11.5. The molecule has 0 fully saturated rings. The number of rotatable bonds is 7. The van der Waals surface area contributed by atoms with E-state index in [0.29, 0.717) is 23.5 Å². The molecule has 0 bridgehead atoms. The predicted molar refractivity (Wildman–Crippen MR) is 68.0 cm³/mol. The summed E-state index contributed by atoms with van der Waals surface area (Å²) in [6.07, 6.45) is 0.970. The van der Waals surface area contributed by atoms with Gasteiger partial charge in [0.15, 0.2) is 0 Å². The number of thioether (sulfide) groups is 1. The first-order chi connectivity index (χ1) is 6.97. The summed E-state index contributed by atoms with van der Waals surface area (Å²) in [4.78, 5) is 11.5. The summed E-state index contributed by atoms with van der Waals surface area (Å²) in [5.41, 5.74) is 5.44. The van der Waals surface area contributed by atoms with Crippen LogP contribution in [0.5, 0.6) is 0 Å². The third kappa shape index (κ3) is 7.68. The van der Waals surface area contributed by atoms with Crippen molar-refractivity contribution in [2.24, 2.45) is 11.7 Å². The smallest absolute Gasteiger partial charge is 0.230 e. The number of carbonyl (C=O) groups is 1. The summed E-state index contributed by atoms with van der Waals surface area (Å²) in [7, 11) is 0. The van der Waals surface area contributed by atoms with Crippen molar-refractivity contribution in [3.05, 3.63) is 0 Å². The highest BCUT2D eigenvalue weighted by molar-refractivity contribution is 8.00. The number of amides is 1.